The van der Waals surface area contributed by atoms with Crippen molar-refractivity contribution in [3.05, 3.63) is 45.9 Å². The van der Waals surface area contributed by atoms with E-state index in [1.807, 2.05) is 6.07 Å². The monoisotopic (exact) mass is 391 g/mol. The number of nitriles is 1. The molecule has 2 aromatic carbocycles. The van der Waals surface area contributed by atoms with Gasteiger partial charge in [0.05, 0.1) is 41.1 Å². The minimum absolute atomic E-state index is 0.00299. The summed E-state index contributed by atoms with van der Waals surface area (Å²) in [5.41, 5.74) is 1.43. The largest absolute Gasteiger partial charge is 0.490 e. The molecule has 3 rings (SSSR count). The van der Waals surface area contributed by atoms with Gasteiger partial charge in [-0.25, -0.2) is 0 Å². The summed E-state index contributed by atoms with van der Waals surface area (Å²) in [6.45, 7) is 1.14. The van der Waals surface area contributed by atoms with Crippen LogP contribution in [-0.2, 0) is 4.79 Å². The molecule has 0 atom stereocenters. The predicted octanol–water partition coefficient (Wildman–Crippen LogP) is 4.08. The van der Waals surface area contributed by atoms with E-state index in [0.29, 0.717) is 46.7 Å². The molecule has 1 amide bonds. The first-order valence-corrected chi connectivity index (χ1v) is 8.65. The Bertz CT molecular complexity index is 881. The number of ether oxygens (including phenoxy) is 2. The van der Waals surface area contributed by atoms with Crippen LogP contribution in [0, 0.1) is 11.3 Å². The number of rotatable bonds is 4. The van der Waals surface area contributed by atoms with Gasteiger partial charge < -0.3 is 20.1 Å². The highest BCUT2D eigenvalue weighted by Crippen LogP contribution is 2.37. The van der Waals surface area contributed by atoms with Gasteiger partial charge in [-0.15, -0.1) is 0 Å². The average Bonchev–Trinajstić information content (AvgIpc) is 2.84. The molecule has 1 aliphatic heterocycles. The van der Waals surface area contributed by atoms with Gasteiger partial charge in [0, 0.05) is 24.2 Å². The van der Waals surface area contributed by atoms with Crippen LogP contribution < -0.4 is 20.1 Å². The summed E-state index contributed by atoms with van der Waals surface area (Å²) < 4.78 is 11.2. The van der Waals surface area contributed by atoms with Crippen molar-refractivity contribution in [2.45, 2.75) is 6.42 Å². The maximum atomic E-state index is 12.1. The zero-order valence-corrected chi connectivity index (χ0v) is 15.2. The number of amides is 1. The Balaban J connectivity index is 1.63. The highest BCUT2D eigenvalue weighted by atomic mass is 35.5. The van der Waals surface area contributed by atoms with Gasteiger partial charge in [0.1, 0.15) is 6.07 Å². The number of benzene rings is 2. The van der Waals surface area contributed by atoms with Gasteiger partial charge in [0.15, 0.2) is 11.5 Å². The van der Waals surface area contributed by atoms with Crippen molar-refractivity contribution in [1.29, 1.82) is 5.26 Å². The predicted molar refractivity (Wildman–Crippen MR) is 100 cm³/mol. The Kier molecular flexibility index (Phi) is 5.71. The summed E-state index contributed by atoms with van der Waals surface area (Å²) in [5, 5.41) is 15.3. The van der Waals surface area contributed by atoms with E-state index in [4.69, 9.17) is 37.9 Å². The Morgan fingerprint density at radius 1 is 1.12 bits per heavy atom. The minimum Gasteiger partial charge on any atom is -0.490 e. The fourth-order valence-electron chi connectivity index (χ4n) is 2.38. The standard InChI is InChI=1S/C18H15Cl2N3O3/c19-13-6-12(3-2-11(13)9-21)23-18(24)10-22-15-8-17-16(7-14(15)20)25-4-1-5-26-17/h2-3,6-8,22H,1,4-5,10H2,(H,23,24). The number of carbonyl (C=O) groups excluding carboxylic acids is 1. The van der Waals surface area contributed by atoms with Crippen LogP contribution in [0.3, 0.4) is 0 Å². The summed E-state index contributed by atoms with van der Waals surface area (Å²) in [7, 11) is 0. The van der Waals surface area contributed by atoms with Crippen LogP contribution in [0.15, 0.2) is 30.3 Å². The first kappa shape index (κ1) is 18.2. The lowest BCUT2D eigenvalue weighted by Crippen LogP contribution is -2.21. The van der Waals surface area contributed by atoms with Crippen LogP contribution in [0.1, 0.15) is 12.0 Å². The number of halogens is 2. The lowest BCUT2D eigenvalue weighted by atomic mass is 10.2. The smallest absolute Gasteiger partial charge is 0.243 e. The third-order valence-corrected chi connectivity index (χ3v) is 4.28. The Labute approximate surface area is 160 Å². The number of fused-ring (bicyclic) bond motifs is 1. The second-order valence-electron chi connectivity index (χ2n) is 5.54. The van der Waals surface area contributed by atoms with Gasteiger partial charge in [0.2, 0.25) is 5.91 Å². The first-order chi connectivity index (χ1) is 12.6. The topological polar surface area (TPSA) is 83.4 Å². The van der Waals surface area contributed by atoms with Crippen LogP contribution in [0.25, 0.3) is 0 Å². The summed E-state index contributed by atoms with van der Waals surface area (Å²) >= 11 is 12.2. The molecule has 0 spiro atoms. The molecule has 8 heteroatoms. The van der Waals surface area contributed by atoms with E-state index in [-0.39, 0.29) is 17.5 Å². The number of nitrogens with zero attached hydrogens (tertiary/aromatic N) is 1. The third kappa shape index (κ3) is 4.31. The highest BCUT2D eigenvalue weighted by Gasteiger charge is 2.15. The zero-order chi connectivity index (χ0) is 18.5. The molecule has 0 aliphatic carbocycles. The summed E-state index contributed by atoms with van der Waals surface area (Å²) in [6, 6.07) is 10.0. The molecule has 0 fully saturated rings. The van der Waals surface area contributed by atoms with Crippen LogP contribution in [0.5, 0.6) is 11.5 Å². The normalized spacial score (nSPS) is 12.7. The molecule has 134 valence electrons. The molecular formula is C18H15Cl2N3O3. The fourth-order valence-corrected chi connectivity index (χ4v) is 2.83. The van der Waals surface area contributed by atoms with Crippen molar-refractivity contribution in [1.82, 2.24) is 0 Å². The quantitative estimate of drug-likeness (QED) is 0.820. The van der Waals surface area contributed by atoms with E-state index in [2.05, 4.69) is 10.6 Å². The molecule has 0 unspecified atom stereocenters. The number of hydrogen-bond donors (Lipinski definition) is 2. The Morgan fingerprint density at radius 3 is 2.54 bits per heavy atom. The van der Waals surface area contributed by atoms with Crippen LogP contribution in [0.4, 0.5) is 11.4 Å². The second kappa shape index (κ2) is 8.17. The molecule has 2 N–H and O–H groups in total. The van der Waals surface area contributed by atoms with Gasteiger partial charge in [-0.1, -0.05) is 23.2 Å². The van der Waals surface area contributed by atoms with Crippen LogP contribution in [-0.4, -0.2) is 25.7 Å². The molecule has 0 aromatic heterocycles. The number of nitrogens with one attached hydrogen (secondary N) is 2. The highest BCUT2D eigenvalue weighted by molar-refractivity contribution is 6.33. The molecule has 0 saturated carbocycles. The molecular weight excluding hydrogens is 377 g/mol. The SMILES string of the molecule is N#Cc1ccc(NC(=O)CNc2cc3c(cc2Cl)OCCCO3)cc1Cl. The molecule has 0 saturated heterocycles. The number of hydrogen-bond acceptors (Lipinski definition) is 5. The van der Waals surface area contributed by atoms with E-state index >= 15 is 0 Å². The van der Waals surface area contributed by atoms with E-state index in [1.165, 1.54) is 6.07 Å². The fraction of sp³-hybridized carbons (Fsp3) is 0.222. The minimum atomic E-state index is -0.283. The Morgan fingerprint density at radius 2 is 1.85 bits per heavy atom. The maximum Gasteiger partial charge on any atom is 0.243 e. The van der Waals surface area contributed by atoms with Crippen molar-refractivity contribution in [2.24, 2.45) is 0 Å². The second-order valence-corrected chi connectivity index (χ2v) is 6.35. The maximum absolute atomic E-state index is 12.1. The lowest BCUT2D eigenvalue weighted by Gasteiger charge is -2.13. The van der Waals surface area contributed by atoms with Crippen molar-refractivity contribution in [3.63, 3.8) is 0 Å². The summed E-state index contributed by atoms with van der Waals surface area (Å²) in [6.07, 6.45) is 0.796. The number of carbonyl (C=O) groups is 1. The van der Waals surface area contributed by atoms with Crippen molar-refractivity contribution >= 4 is 40.5 Å². The van der Waals surface area contributed by atoms with E-state index in [0.717, 1.165) is 6.42 Å². The van der Waals surface area contributed by atoms with Gasteiger partial charge >= 0.3 is 0 Å². The van der Waals surface area contributed by atoms with E-state index in [9.17, 15) is 4.79 Å². The summed E-state index contributed by atoms with van der Waals surface area (Å²) in [4.78, 5) is 12.1. The van der Waals surface area contributed by atoms with E-state index in [1.54, 1.807) is 24.3 Å². The zero-order valence-electron chi connectivity index (χ0n) is 13.6. The molecule has 2 aromatic rings. The van der Waals surface area contributed by atoms with Crippen LogP contribution in [0.2, 0.25) is 10.0 Å². The molecule has 1 aliphatic rings. The molecule has 6 nitrogen and oxygen atoms in total. The van der Waals surface area contributed by atoms with Crippen molar-refractivity contribution < 1.29 is 14.3 Å². The van der Waals surface area contributed by atoms with Gasteiger partial charge in [-0.2, -0.15) is 5.26 Å². The Hall–Kier alpha value is -2.62. The summed E-state index contributed by atoms with van der Waals surface area (Å²) in [5.74, 6) is 0.900. The average molecular weight is 392 g/mol. The molecule has 26 heavy (non-hydrogen) atoms. The number of anilines is 2. The molecule has 0 radical (unpaired) electrons. The molecule has 0 bridgehead atoms. The third-order valence-electron chi connectivity index (χ3n) is 3.65. The van der Waals surface area contributed by atoms with Crippen molar-refractivity contribution in [3.8, 4) is 17.6 Å². The van der Waals surface area contributed by atoms with Gasteiger partial charge in [0.25, 0.3) is 0 Å². The van der Waals surface area contributed by atoms with Gasteiger partial charge in [-0.05, 0) is 18.2 Å². The van der Waals surface area contributed by atoms with Gasteiger partial charge in [-0.3, -0.25) is 4.79 Å². The lowest BCUT2D eigenvalue weighted by molar-refractivity contribution is -0.114. The van der Waals surface area contributed by atoms with Crippen LogP contribution >= 0.6 is 23.2 Å². The first-order valence-electron chi connectivity index (χ1n) is 7.89. The molecule has 1 heterocycles. The van der Waals surface area contributed by atoms with E-state index < -0.39 is 0 Å². The van der Waals surface area contributed by atoms with Crippen molar-refractivity contribution in [2.75, 3.05) is 30.4 Å².